The Morgan fingerprint density at radius 1 is 1.09 bits per heavy atom. The second-order valence-corrected chi connectivity index (χ2v) is 13.0. The summed E-state index contributed by atoms with van der Waals surface area (Å²) < 4.78 is 5.60. The van der Waals surface area contributed by atoms with Crippen molar-refractivity contribution in [2.75, 3.05) is 37.7 Å². The van der Waals surface area contributed by atoms with Crippen molar-refractivity contribution in [3.8, 4) is 11.1 Å². The van der Waals surface area contributed by atoms with Gasteiger partial charge in [-0.1, -0.05) is 26.0 Å². The van der Waals surface area contributed by atoms with Gasteiger partial charge in [0.15, 0.2) is 0 Å². The number of carbonyl (C=O) groups excluding carboxylic acids is 1. The maximum Gasteiger partial charge on any atom is 0.253 e. The number of rotatable bonds is 10. The van der Waals surface area contributed by atoms with E-state index in [2.05, 4.69) is 65.1 Å². The number of hydrogen-bond donors (Lipinski definition) is 3. The number of H-pyrrole nitrogens is 1. The van der Waals surface area contributed by atoms with Crippen LogP contribution in [0.3, 0.4) is 0 Å². The molecule has 250 valence electrons. The fraction of sp³-hybridized carbons (Fsp3) is 0.541. The number of aliphatic hydroxyl groups is 1. The summed E-state index contributed by atoms with van der Waals surface area (Å²) >= 11 is 0. The Morgan fingerprint density at radius 3 is 2.41 bits per heavy atom. The fourth-order valence-corrected chi connectivity index (χ4v) is 6.51. The predicted molar refractivity (Wildman–Crippen MR) is 185 cm³/mol. The molecule has 0 radical (unpaired) electrons. The van der Waals surface area contributed by atoms with Crippen molar-refractivity contribution in [3.63, 3.8) is 0 Å². The highest BCUT2D eigenvalue weighted by Crippen LogP contribution is 2.33. The van der Waals surface area contributed by atoms with Gasteiger partial charge in [-0.25, -0.2) is 0 Å². The first-order valence-electron chi connectivity index (χ1n) is 16.8. The third-order valence-corrected chi connectivity index (χ3v) is 9.31. The molecule has 9 nitrogen and oxygen atoms in total. The summed E-state index contributed by atoms with van der Waals surface area (Å²) in [6.07, 6.45) is 6.42. The van der Waals surface area contributed by atoms with Crippen molar-refractivity contribution < 1.29 is 14.6 Å². The maximum absolute atomic E-state index is 11.7. The largest absolute Gasteiger partial charge is 0.393 e. The SMILES string of the molecule is CCN(c1cc(-c2ccc(CN3CCC(O)CC3)nc2)cc(C)c1C)C1CCOCC1.Cc1cc(C(C)C)c(CNC=O)c(=O)[nH]1. The molecule has 1 aromatic carbocycles. The maximum atomic E-state index is 11.7. The molecule has 0 atom stereocenters. The van der Waals surface area contributed by atoms with Crippen molar-refractivity contribution in [1.82, 2.24) is 20.2 Å². The van der Waals surface area contributed by atoms with Gasteiger partial charge >= 0.3 is 0 Å². The second kappa shape index (κ2) is 16.9. The molecule has 1 amide bonds. The third-order valence-electron chi connectivity index (χ3n) is 9.31. The molecule has 2 aliphatic rings. The molecule has 4 heterocycles. The number of benzene rings is 1. The smallest absolute Gasteiger partial charge is 0.253 e. The first-order chi connectivity index (χ1) is 22.1. The van der Waals surface area contributed by atoms with Gasteiger partial charge in [-0.05, 0) is 99.7 Å². The Hall–Kier alpha value is -3.53. The molecule has 0 aliphatic carbocycles. The second-order valence-electron chi connectivity index (χ2n) is 13.0. The molecular weight excluding hydrogens is 578 g/mol. The quantitative estimate of drug-likeness (QED) is 0.258. The van der Waals surface area contributed by atoms with Gasteiger partial charge in [-0.15, -0.1) is 0 Å². The van der Waals surface area contributed by atoms with Crippen molar-refractivity contribution in [1.29, 1.82) is 0 Å². The van der Waals surface area contributed by atoms with E-state index in [1.165, 1.54) is 27.9 Å². The van der Waals surface area contributed by atoms with Crippen LogP contribution in [0.2, 0.25) is 0 Å². The standard InChI is InChI=1S/C26H37N3O2.C11H16N2O2/c1-4-29(24-9-13-31-14-10-24)26-16-22(15-19(2)20(26)3)21-5-6-23(27-17-21)18-28-11-7-25(30)8-12-28;1-7(2)9-4-8(3)13-11(15)10(9)5-12-6-14/h5-6,15-17,24-25,30H,4,7-14,18H2,1-3H3;4,6-7H,5H2,1-3H3,(H,12,14)(H,13,15). The van der Waals surface area contributed by atoms with Crippen LogP contribution < -0.4 is 15.8 Å². The Morgan fingerprint density at radius 2 is 1.80 bits per heavy atom. The molecule has 0 saturated carbocycles. The molecule has 0 spiro atoms. The van der Waals surface area contributed by atoms with Crippen LogP contribution in [-0.4, -0.2) is 71.4 Å². The normalized spacial score (nSPS) is 16.2. The Balaban J connectivity index is 0.000000270. The van der Waals surface area contributed by atoms with Crippen molar-refractivity contribution in [2.45, 2.75) is 98.4 Å². The van der Waals surface area contributed by atoms with E-state index in [-0.39, 0.29) is 24.1 Å². The number of piperidine rings is 1. The fourth-order valence-electron chi connectivity index (χ4n) is 6.51. The molecular formula is C37H53N5O4. The zero-order valence-electron chi connectivity index (χ0n) is 28.6. The summed E-state index contributed by atoms with van der Waals surface area (Å²) in [4.78, 5) is 34.3. The molecule has 2 saturated heterocycles. The number of aliphatic hydroxyl groups excluding tert-OH is 1. The highest BCUT2D eigenvalue weighted by Gasteiger charge is 2.23. The van der Waals surface area contributed by atoms with E-state index in [9.17, 15) is 14.7 Å². The first kappa shape index (κ1) is 35.3. The average Bonchev–Trinajstić information content (AvgIpc) is 3.05. The monoisotopic (exact) mass is 631 g/mol. The van der Waals surface area contributed by atoms with Crippen LogP contribution in [0.1, 0.15) is 86.0 Å². The van der Waals surface area contributed by atoms with E-state index in [0.29, 0.717) is 18.0 Å². The lowest BCUT2D eigenvalue weighted by Crippen LogP contribution is -2.39. The highest BCUT2D eigenvalue weighted by molar-refractivity contribution is 5.72. The summed E-state index contributed by atoms with van der Waals surface area (Å²) in [5.74, 6) is 0.273. The van der Waals surface area contributed by atoms with Crippen LogP contribution in [0.5, 0.6) is 0 Å². The van der Waals surface area contributed by atoms with Gasteiger partial charge in [0.25, 0.3) is 5.56 Å². The molecule has 0 bridgehead atoms. The van der Waals surface area contributed by atoms with Crippen molar-refractivity contribution in [3.05, 3.63) is 80.5 Å². The van der Waals surface area contributed by atoms with E-state index in [0.717, 1.165) is 82.0 Å². The number of pyridine rings is 2. The van der Waals surface area contributed by atoms with Gasteiger partial charge in [0.1, 0.15) is 0 Å². The summed E-state index contributed by atoms with van der Waals surface area (Å²) in [7, 11) is 0. The summed E-state index contributed by atoms with van der Waals surface area (Å²) in [6.45, 7) is 18.4. The van der Waals surface area contributed by atoms with Gasteiger partial charge in [0, 0.05) is 80.7 Å². The van der Waals surface area contributed by atoms with Gasteiger partial charge in [0.05, 0.1) is 11.8 Å². The van der Waals surface area contributed by atoms with Crippen LogP contribution in [0.15, 0.2) is 41.3 Å². The van der Waals surface area contributed by atoms with Crippen LogP contribution >= 0.6 is 0 Å². The molecule has 0 unspecified atom stereocenters. The van der Waals surface area contributed by atoms with Crippen LogP contribution in [-0.2, 0) is 22.6 Å². The molecule has 2 fully saturated rings. The number of carbonyl (C=O) groups is 1. The molecule has 2 aromatic heterocycles. The number of amides is 1. The van der Waals surface area contributed by atoms with Crippen LogP contribution in [0.4, 0.5) is 5.69 Å². The highest BCUT2D eigenvalue weighted by atomic mass is 16.5. The minimum Gasteiger partial charge on any atom is -0.393 e. The zero-order valence-corrected chi connectivity index (χ0v) is 28.6. The van der Waals surface area contributed by atoms with Gasteiger partial charge < -0.3 is 25.0 Å². The number of likely N-dealkylation sites (tertiary alicyclic amines) is 1. The lowest BCUT2D eigenvalue weighted by molar-refractivity contribution is -0.109. The molecule has 46 heavy (non-hydrogen) atoms. The number of nitrogens with zero attached hydrogens (tertiary/aromatic N) is 3. The van der Waals surface area contributed by atoms with Crippen LogP contribution in [0, 0.1) is 20.8 Å². The summed E-state index contributed by atoms with van der Waals surface area (Å²) in [5.41, 5.74) is 9.92. The number of aromatic amines is 1. The Kier molecular flexibility index (Phi) is 12.9. The topological polar surface area (TPSA) is 111 Å². The molecule has 9 heteroatoms. The molecule has 2 aliphatic heterocycles. The number of hydrogen-bond acceptors (Lipinski definition) is 7. The third kappa shape index (κ3) is 9.27. The average molecular weight is 632 g/mol. The van der Waals surface area contributed by atoms with Crippen LogP contribution in [0.25, 0.3) is 11.1 Å². The van der Waals surface area contributed by atoms with E-state index in [1.807, 2.05) is 33.0 Å². The lowest BCUT2D eigenvalue weighted by Gasteiger charge is -2.37. The number of anilines is 1. The zero-order chi connectivity index (χ0) is 33.2. The number of aryl methyl sites for hydroxylation is 2. The van der Waals surface area contributed by atoms with Crippen molar-refractivity contribution in [2.24, 2.45) is 0 Å². The van der Waals surface area contributed by atoms with Gasteiger partial charge in [-0.2, -0.15) is 0 Å². The minimum absolute atomic E-state index is 0.118. The summed E-state index contributed by atoms with van der Waals surface area (Å²) in [6, 6.07) is 11.5. The molecule has 3 N–H and O–H groups in total. The number of nitrogens with one attached hydrogen (secondary N) is 2. The molecule has 3 aromatic rings. The van der Waals surface area contributed by atoms with E-state index in [4.69, 9.17) is 9.72 Å². The Labute approximate surface area is 274 Å². The number of ether oxygens (including phenoxy) is 1. The van der Waals surface area contributed by atoms with E-state index < -0.39 is 0 Å². The summed E-state index contributed by atoms with van der Waals surface area (Å²) in [5, 5.41) is 12.2. The van der Waals surface area contributed by atoms with E-state index >= 15 is 0 Å². The van der Waals surface area contributed by atoms with E-state index in [1.54, 1.807) is 0 Å². The van der Waals surface area contributed by atoms with Crippen molar-refractivity contribution >= 4 is 12.1 Å². The number of aromatic nitrogens is 2. The van der Waals surface area contributed by atoms with Gasteiger partial charge in [0.2, 0.25) is 6.41 Å². The molecule has 5 rings (SSSR count). The lowest BCUT2D eigenvalue weighted by atomic mass is 9.97. The minimum atomic E-state index is -0.130. The first-order valence-corrected chi connectivity index (χ1v) is 16.8. The Bertz CT molecular complexity index is 1470. The van der Waals surface area contributed by atoms with Gasteiger partial charge in [-0.3, -0.25) is 19.5 Å². The predicted octanol–water partition coefficient (Wildman–Crippen LogP) is 5.38.